The minimum absolute atomic E-state index is 0.231. The van der Waals surface area contributed by atoms with Gasteiger partial charge in [0.05, 0.1) is 6.61 Å². The second kappa shape index (κ2) is 3.87. The Morgan fingerprint density at radius 1 is 1.50 bits per heavy atom. The van der Waals surface area contributed by atoms with Gasteiger partial charge in [-0.3, -0.25) is 9.69 Å². The number of aliphatic carboxylic acids is 1. The number of carboxylic acids is 1. The van der Waals surface area contributed by atoms with Gasteiger partial charge in [-0.05, 0) is 11.3 Å². The number of carbonyl (C=O) groups is 1. The van der Waals surface area contributed by atoms with Crippen LogP contribution in [0.25, 0.3) is 0 Å². The maximum absolute atomic E-state index is 10.7. The van der Waals surface area contributed by atoms with Crippen LogP contribution in [-0.4, -0.2) is 46.8 Å². The van der Waals surface area contributed by atoms with Gasteiger partial charge in [-0.15, -0.1) is 0 Å². The van der Waals surface area contributed by atoms with Crippen molar-refractivity contribution in [2.45, 2.75) is 26.8 Å². The number of carboxylic acid groups (broad SMARTS) is 1. The van der Waals surface area contributed by atoms with Gasteiger partial charge >= 0.3 is 5.97 Å². The molecule has 0 amide bonds. The van der Waals surface area contributed by atoms with Crippen molar-refractivity contribution < 1.29 is 15.0 Å². The van der Waals surface area contributed by atoms with Gasteiger partial charge in [-0.2, -0.15) is 0 Å². The molecule has 1 fully saturated rings. The first-order chi connectivity index (χ1) is 6.36. The molecule has 82 valence electrons. The second-order valence-electron chi connectivity index (χ2n) is 5.05. The molecule has 1 aliphatic rings. The van der Waals surface area contributed by atoms with Crippen molar-refractivity contribution in [2.75, 3.05) is 19.7 Å². The lowest BCUT2D eigenvalue weighted by Crippen LogP contribution is -2.59. The molecular formula is C10H19NO3. The first kappa shape index (κ1) is 11.5. The lowest BCUT2D eigenvalue weighted by atomic mass is 9.75. The van der Waals surface area contributed by atoms with Gasteiger partial charge < -0.3 is 10.2 Å². The zero-order valence-electron chi connectivity index (χ0n) is 9.03. The number of hydrogen-bond acceptors (Lipinski definition) is 3. The van der Waals surface area contributed by atoms with Crippen LogP contribution >= 0.6 is 0 Å². The Hall–Kier alpha value is -0.610. The summed E-state index contributed by atoms with van der Waals surface area (Å²) in [4.78, 5) is 12.5. The van der Waals surface area contributed by atoms with Crippen LogP contribution in [0.2, 0.25) is 0 Å². The van der Waals surface area contributed by atoms with Crippen molar-refractivity contribution in [3.05, 3.63) is 0 Å². The molecule has 4 heteroatoms. The molecule has 0 bridgehead atoms. The summed E-state index contributed by atoms with van der Waals surface area (Å²) in [7, 11) is 0. The summed E-state index contributed by atoms with van der Waals surface area (Å²) in [5.41, 5.74) is 0.231. The van der Waals surface area contributed by atoms with Crippen molar-refractivity contribution in [1.29, 1.82) is 0 Å². The highest BCUT2D eigenvalue weighted by molar-refractivity contribution is 5.73. The molecule has 14 heavy (non-hydrogen) atoms. The van der Waals surface area contributed by atoms with Crippen molar-refractivity contribution in [1.82, 2.24) is 4.90 Å². The molecule has 1 saturated heterocycles. The number of likely N-dealkylation sites (tertiary alicyclic amines) is 1. The van der Waals surface area contributed by atoms with Gasteiger partial charge in [0.1, 0.15) is 6.04 Å². The largest absolute Gasteiger partial charge is 0.480 e. The van der Waals surface area contributed by atoms with E-state index in [2.05, 4.69) is 20.8 Å². The molecule has 1 rings (SSSR count). The van der Waals surface area contributed by atoms with Crippen LogP contribution in [0, 0.1) is 11.3 Å². The van der Waals surface area contributed by atoms with Crippen LogP contribution in [0.15, 0.2) is 0 Å². The summed E-state index contributed by atoms with van der Waals surface area (Å²) in [6.45, 7) is 7.73. The Balaban J connectivity index is 2.44. The van der Waals surface area contributed by atoms with Crippen LogP contribution in [0.1, 0.15) is 20.8 Å². The van der Waals surface area contributed by atoms with Crippen molar-refractivity contribution >= 4 is 5.97 Å². The number of hydrogen-bond donors (Lipinski definition) is 2. The Morgan fingerprint density at radius 3 is 2.29 bits per heavy atom. The smallest absolute Gasteiger partial charge is 0.323 e. The molecule has 0 aliphatic carbocycles. The fourth-order valence-electron chi connectivity index (χ4n) is 1.66. The van der Waals surface area contributed by atoms with E-state index in [9.17, 15) is 4.79 Å². The predicted octanol–water partition coefficient (Wildman–Crippen LogP) is 0.410. The van der Waals surface area contributed by atoms with E-state index in [0.29, 0.717) is 5.92 Å². The molecule has 0 saturated carbocycles. The quantitative estimate of drug-likeness (QED) is 0.694. The van der Waals surface area contributed by atoms with E-state index in [-0.39, 0.29) is 12.0 Å². The highest BCUT2D eigenvalue weighted by atomic mass is 16.4. The van der Waals surface area contributed by atoms with E-state index >= 15 is 0 Å². The Kier molecular flexibility index (Phi) is 3.17. The minimum atomic E-state index is -0.931. The standard InChI is InChI=1S/C10H19NO3/c1-10(2,3)7-4-11(5-7)8(6-12)9(13)14/h7-8,12H,4-6H2,1-3H3,(H,13,14). The zero-order valence-corrected chi connectivity index (χ0v) is 9.03. The summed E-state index contributed by atoms with van der Waals surface area (Å²) in [5, 5.41) is 17.7. The Labute approximate surface area is 84.5 Å². The molecule has 0 aromatic rings. The highest BCUT2D eigenvalue weighted by Gasteiger charge is 2.40. The van der Waals surface area contributed by atoms with Gasteiger partial charge in [-0.25, -0.2) is 0 Å². The van der Waals surface area contributed by atoms with Crippen molar-refractivity contribution in [2.24, 2.45) is 11.3 Å². The zero-order chi connectivity index (χ0) is 10.9. The molecule has 0 spiro atoms. The second-order valence-corrected chi connectivity index (χ2v) is 5.05. The average Bonchev–Trinajstić information content (AvgIpc) is 1.91. The lowest BCUT2D eigenvalue weighted by molar-refractivity contribution is -0.150. The maximum atomic E-state index is 10.7. The van der Waals surface area contributed by atoms with Gasteiger partial charge in [-0.1, -0.05) is 20.8 Å². The molecule has 1 atom stereocenters. The van der Waals surface area contributed by atoms with Crippen LogP contribution in [0.4, 0.5) is 0 Å². The van der Waals surface area contributed by atoms with E-state index in [1.165, 1.54) is 0 Å². The lowest BCUT2D eigenvalue weighted by Gasteiger charge is -2.48. The Bertz CT molecular complexity index is 216. The predicted molar refractivity (Wildman–Crippen MR) is 53.0 cm³/mol. The Morgan fingerprint density at radius 2 is 2.00 bits per heavy atom. The van der Waals surface area contributed by atoms with E-state index < -0.39 is 12.0 Å². The van der Waals surface area contributed by atoms with Crippen LogP contribution in [0.5, 0.6) is 0 Å². The van der Waals surface area contributed by atoms with Crippen molar-refractivity contribution in [3.63, 3.8) is 0 Å². The molecule has 1 aliphatic heterocycles. The van der Waals surface area contributed by atoms with Gasteiger partial charge in [0.15, 0.2) is 0 Å². The van der Waals surface area contributed by atoms with Gasteiger partial charge in [0.2, 0.25) is 0 Å². The number of nitrogens with zero attached hydrogens (tertiary/aromatic N) is 1. The summed E-state index contributed by atoms with van der Waals surface area (Å²) in [6.07, 6.45) is 0. The van der Waals surface area contributed by atoms with Crippen LogP contribution in [0.3, 0.4) is 0 Å². The summed E-state index contributed by atoms with van der Waals surface area (Å²) < 4.78 is 0. The normalized spacial score (nSPS) is 21.7. The fraction of sp³-hybridized carbons (Fsp3) is 0.900. The SMILES string of the molecule is CC(C)(C)C1CN(C(CO)C(=O)O)C1. The molecule has 0 aromatic heterocycles. The topological polar surface area (TPSA) is 60.8 Å². The molecule has 4 nitrogen and oxygen atoms in total. The third-order valence-corrected chi connectivity index (χ3v) is 3.03. The number of rotatable bonds is 3. The van der Waals surface area contributed by atoms with E-state index in [4.69, 9.17) is 10.2 Å². The third kappa shape index (κ3) is 2.25. The van der Waals surface area contributed by atoms with E-state index in [1.807, 2.05) is 4.90 Å². The van der Waals surface area contributed by atoms with E-state index in [1.54, 1.807) is 0 Å². The first-order valence-corrected chi connectivity index (χ1v) is 4.94. The molecule has 2 N–H and O–H groups in total. The van der Waals surface area contributed by atoms with Crippen LogP contribution in [-0.2, 0) is 4.79 Å². The minimum Gasteiger partial charge on any atom is -0.480 e. The first-order valence-electron chi connectivity index (χ1n) is 4.94. The fourth-order valence-corrected chi connectivity index (χ4v) is 1.66. The molecule has 0 aromatic carbocycles. The maximum Gasteiger partial charge on any atom is 0.323 e. The molecule has 1 unspecified atom stereocenters. The van der Waals surface area contributed by atoms with Gasteiger partial charge in [0, 0.05) is 13.1 Å². The van der Waals surface area contributed by atoms with Crippen molar-refractivity contribution in [3.8, 4) is 0 Å². The number of aliphatic hydroxyl groups excluding tert-OH is 1. The molecule has 1 heterocycles. The molecular weight excluding hydrogens is 182 g/mol. The number of aliphatic hydroxyl groups is 1. The van der Waals surface area contributed by atoms with Crippen LogP contribution < -0.4 is 0 Å². The monoisotopic (exact) mass is 201 g/mol. The summed E-state index contributed by atoms with van der Waals surface area (Å²) in [6, 6.07) is -0.714. The summed E-state index contributed by atoms with van der Waals surface area (Å²) in [5.74, 6) is -0.393. The summed E-state index contributed by atoms with van der Waals surface area (Å²) >= 11 is 0. The molecule has 0 radical (unpaired) electrons. The van der Waals surface area contributed by atoms with E-state index in [0.717, 1.165) is 13.1 Å². The third-order valence-electron chi connectivity index (χ3n) is 3.03. The van der Waals surface area contributed by atoms with Gasteiger partial charge in [0.25, 0.3) is 0 Å². The highest BCUT2D eigenvalue weighted by Crippen LogP contribution is 2.34. The average molecular weight is 201 g/mol.